The average Bonchev–Trinajstić information content (AvgIpc) is 2.82. The number of aryl methyl sites for hydroxylation is 1. The van der Waals surface area contributed by atoms with E-state index in [1.165, 1.54) is 7.05 Å². The van der Waals surface area contributed by atoms with Gasteiger partial charge in [0, 0.05) is 13.5 Å². The topological polar surface area (TPSA) is 95.5 Å². The van der Waals surface area contributed by atoms with E-state index in [4.69, 9.17) is 0 Å². The molecule has 1 aliphatic carbocycles. The van der Waals surface area contributed by atoms with E-state index >= 15 is 0 Å². The predicted octanol–water partition coefficient (Wildman–Crippen LogP) is 3.11. The van der Waals surface area contributed by atoms with Gasteiger partial charge < -0.3 is 15.7 Å². The van der Waals surface area contributed by atoms with E-state index in [-0.39, 0.29) is 18.2 Å². The third-order valence-corrected chi connectivity index (χ3v) is 4.93. The van der Waals surface area contributed by atoms with Gasteiger partial charge in [-0.05, 0) is 31.9 Å². The van der Waals surface area contributed by atoms with Crippen LogP contribution in [0.25, 0.3) is 0 Å². The quantitative estimate of drug-likeness (QED) is 0.714. The number of hydrogen-bond donors (Lipinski definition) is 3. The Morgan fingerprint density at radius 1 is 1.12 bits per heavy atom. The van der Waals surface area contributed by atoms with Crippen LogP contribution < -0.4 is 10.6 Å². The second kappa shape index (κ2) is 8.14. The van der Waals surface area contributed by atoms with Crippen molar-refractivity contribution < 1.29 is 19.5 Å². The molecule has 0 saturated heterocycles. The molecule has 0 aliphatic heterocycles. The molecule has 1 fully saturated rings. The van der Waals surface area contributed by atoms with Crippen molar-refractivity contribution in [1.82, 2.24) is 5.32 Å². The van der Waals surface area contributed by atoms with Crippen LogP contribution >= 0.6 is 0 Å². The maximum Gasteiger partial charge on any atom is 0.310 e. The third kappa shape index (κ3) is 4.59. The largest absolute Gasteiger partial charge is 0.481 e. The van der Waals surface area contributed by atoms with Crippen molar-refractivity contribution in [3.63, 3.8) is 0 Å². The number of benzene rings is 1. The molecule has 1 aromatic carbocycles. The van der Waals surface area contributed by atoms with Gasteiger partial charge in [0.1, 0.15) is 0 Å². The van der Waals surface area contributed by atoms with Gasteiger partial charge >= 0.3 is 5.97 Å². The number of nitrogens with one attached hydrogen (secondary N) is 2. The highest BCUT2D eigenvalue weighted by Gasteiger charge is 2.40. The lowest BCUT2D eigenvalue weighted by molar-refractivity contribution is -0.152. The Balaban J connectivity index is 2.19. The molecule has 0 spiro atoms. The molecular formula is C19H26N2O4. The number of carboxylic acids is 1. The highest BCUT2D eigenvalue weighted by atomic mass is 16.4. The Labute approximate surface area is 148 Å². The second-order valence-electron chi connectivity index (χ2n) is 6.85. The molecule has 0 aromatic heterocycles. The van der Waals surface area contributed by atoms with Crippen LogP contribution in [0, 0.1) is 12.3 Å². The Morgan fingerprint density at radius 3 is 2.32 bits per heavy atom. The Bertz CT molecular complexity index is 661. The molecule has 136 valence electrons. The van der Waals surface area contributed by atoms with Crippen LogP contribution in [0.4, 0.5) is 5.69 Å². The standard InChI is InChI=1S/C19H26N2O4/c1-13-7-8-15(14(11-13)17(23)20-2)21-16(22)12-19(18(24)25)9-5-3-4-6-10-19/h7-8,11H,3-6,9-10,12H2,1-2H3,(H,20,23)(H,21,22)(H,24,25). The summed E-state index contributed by atoms with van der Waals surface area (Å²) in [7, 11) is 1.53. The first-order chi connectivity index (χ1) is 11.9. The SMILES string of the molecule is CNC(=O)c1cc(C)ccc1NC(=O)CC1(C(=O)O)CCCCCC1. The molecule has 2 rings (SSSR count). The van der Waals surface area contributed by atoms with Crippen LogP contribution in [0.15, 0.2) is 18.2 Å². The molecule has 0 atom stereocenters. The monoisotopic (exact) mass is 346 g/mol. The molecule has 1 saturated carbocycles. The maximum atomic E-state index is 12.5. The number of carbonyl (C=O) groups is 3. The fourth-order valence-corrected chi connectivity index (χ4v) is 3.46. The molecule has 0 bridgehead atoms. The molecule has 25 heavy (non-hydrogen) atoms. The highest BCUT2D eigenvalue weighted by molar-refractivity contribution is 6.04. The molecule has 0 radical (unpaired) electrons. The van der Waals surface area contributed by atoms with Crippen molar-refractivity contribution in [3.8, 4) is 0 Å². The second-order valence-corrected chi connectivity index (χ2v) is 6.85. The van der Waals surface area contributed by atoms with Crippen molar-refractivity contribution in [2.24, 2.45) is 5.41 Å². The molecule has 0 heterocycles. The van der Waals surface area contributed by atoms with Crippen molar-refractivity contribution in [3.05, 3.63) is 29.3 Å². The van der Waals surface area contributed by atoms with Gasteiger partial charge in [-0.2, -0.15) is 0 Å². The number of amides is 2. The molecule has 6 nitrogen and oxygen atoms in total. The van der Waals surface area contributed by atoms with Crippen molar-refractivity contribution in [1.29, 1.82) is 0 Å². The number of rotatable bonds is 5. The van der Waals surface area contributed by atoms with E-state index in [1.807, 2.05) is 6.92 Å². The summed E-state index contributed by atoms with van der Waals surface area (Å²) in [5.74, 6) is -1.56. The molecule has 6 heteroatoms. The summed E-state index contributed by atoms with van der Waals surface area (Å²) in [5, 5.41) is 15.0. The lowest BCUT2D eigenvalue weighted by atomic mass is 9.77. The molecule has 0 unspecified atom stereocenters. The van der Waals surface area contributed by atoms with E-state index in [2.05, 4.69) is 10.6 Å². The summed E-state index contributed by atoms with van der Waals surface area (Å²) < 4.78 is 0. The fourth-order valence-electron chi connectivity index (χ4n) is 3.46. The third-order valence-electron chi connectivity index (χ3n) is 4.93. The maximum absolute atomic E-state index is 12.5. The average molecular weight is 346 g/mol. The lowest BCUT2D eigenvalue weighted by Gasteiger charge is -2.27. The minimum Gasteiger partial charge on any atom is -0.481 e. The fraction of sp³-hybridized carbons (Fsp3) is 0.526. The Kier molecular flexibility index (Phi) is 6.17. The number of carbonyl (C=O) groups excluding carboxylic acids is 2. The van der Waals surface area contributed by atoms with Gasteiger partial charge in [-0.25, -0.2) is 0 Å². The van der Waals surface area contributed by atoms with Gasteiger partial charge in [-0.3, -0.25) is 14.4 Å². The zero-order valence-corrected chi connectivity index (χ0v) is 14.9. The van der Waals surface area contributed by atoms with Crippen LogP contribution in [-0.2, 0) is 9.59 Å². The van der Waals surface area contributed by atoms with E-state index in [1.54, 1.807) is 18.2 Å². The van der Waals surface area contributed by atoms with Gasteiger partial charge in [-0.15, -0.1) is 0 Å². The number of hydrogen-bond acceptors (Lipinski definition) is 3. The highest BCUT2D eigenvalue weighted by Crippen LogP contribution is 2.38. The minimum atomic E-state index is -1.00. The Morgan fingerprint density at radius 2 is 1.76 bits per heavy atom. The molecule has 1 aliphatic rings. The first-order valence-corrected chi connectivity index (χ1v) is 8.74. The molecule has 1 aromatic rings. The summed E-state index contributed by atoms with van der Waals surface area (Å²) in [6.45, 7) is 1.86. The van der Waals surface area contributed by atoms with Crippen LogP contribution in [-0.4, -0.2) is 29.9 Å². The zero-order valence-electron chi connectivity index (χ0n) is 14.9. The predicted molar refractivity (Wildman–Crippen MR) is 95.6 cm³/mol. The van der Waals surface area contributed by atoms with Gasteiger partial charge in [0.2, 0.25) is 5.91 Å². The van der Waals surface area contributed by atoms with Gasteiger partial charge in [0.15, 0.2) is 0 Å². The number of aliphatic carboxylic acids is 1. The van der Waals surface area contributed by atoms with E-state index in [9.17, 15) is 19.5 Å². The number of anilines is 1. The van der Waals surface area contributed by atoms with Crippen LogP contribution in [0.3, 0.4) is 0 Å². The van der Waals surface area contributed by atoms with Crippen molar-refractivity contribution in [2.45, 2.75) is 51.9 Å². The number of carboxylic acid groups (broad SMARTS) is 1. The minimum absolute atomic E-state index is 0.0661. The molecule has 3 N–H and O–H groups in total. The first-order valence-electron chi connectivity index (χ1n) is 8.74. The zero-order chi connectivity index (χ0) is 18.4. The van der Waals surface area contributed by atoms with Crippen molar-refractivity contribution in [2.75, 3.05) is 12.4 Å². The first kappa shape index (κ1) is 19.0. The van der Waals surface area contributed by atoms with Crippen molar-refractivity contribution >= 4 is 23.5 Å². The van der Waals surface area contributed by atoms with E-state index in [0.29, 0.717) is 24.1 Å². The normalized spacial score (nSPS) is 16.6. The van der Waals surface area contributed by atoms with Crippen LogP contribution in [0.5, 0.6) is 0 Å². The van der Waals surface area contributed by atoms with E-state index in [0.717, 1.165) is 31.2 Å². The van der Waals surface area contributed by atoms with Crippen LogP contribution in [0.2, 0.25) is 0 Å². The summed E-state index contributed by atoms with van der Waals surface area (Å²) in [4.78, 5) is 36.4. The van der Waals surface area contributed by atoms with Crippen LogP contribution in [0.1, 0.15) is 60.9 Å². The summed E-state index contributed by atoms with van der Waals surface area (Å²) in [6, 6.07) is 5.19. The van der Waals surface area contributed by atoms with Gasteiger partial charge in [-0.1, -0.05) is 37.3 Å². The summed E-state index contributed by atoms with van der Waals surface area (Å²) in [6.07, 6.45) is 4.65. The Hall–Kier alpha value is -2.37. The van der Waals surface area contributed by atoms with Gasteiger partial charge in [0.25, 0.3) is 5.91 Å². The molecule has 2 amide bonds. The van der Waals surface area contributed by atoms with Gasteiger partial charge in [0.05, 0.1) is 16.7 Å². The summed E-state index contributed by atoms with van der Waals surface area (Å²) in [5.41, 5.74) is 0.686. The molecular weight excluding hydrogens is 320 g/mol. The smallest absolute Gasteiger partial charge is 0.310 e. The van der Waals surface area contributed by atoms with E-state index < -0.39 is 11.4 Å². The summed E-state index contributed by atoms with van der Waals surface area (Å²) >= 11 is 0. The lowest BCUT2D eigenvalue weighted by Crippen LogP contribution is -2.35.